The third-order valence-electron chi connectivity index (χ3n) is 3.43. The molecule has 1 unspecified atom stereocenters. The zero-order valence-electron chi connectivity index (χ0n) is 9.73. The number of carbonyl (C=O) groups is 2. The molecule has 1 heterocycles. The molecule has 18 heavy (non-hydrogen) atoms. The van der Waals surface area contributed by atoms with Crippen molar-refractivity contribution in [1.29, 1.82) is 0 Å². The SMILES string of the molecule is O=C1CC(C2CC2)NC(=O)N1c1ccc(F)cc1. The van der Waals surface area contributed by atoms with Gasteiger partial charge in [0.05, 0.1) is 5.69 Å². The Kier molecular flexibility index (Phi) is 2.54. The first-order chi connectivity index (χ1) is 8.65. The molecule has 94 valence electrons. The Morgan fingerprint density at radius 3 is 2.39 bits per heavy atom. The maximum absolute atomic E-state index is 12.8. The zero-order chi connectivity index (χ0) is 12.7. The molecule has 5 heteroatoms. The van der Waals surface area contributed by atoms with Gasteiger partial charge in [-0.05, 0) is 43.0 Å². The van der Waals surface area contributed by atoms with Crippen molar-refractivity contribution in [3.63, 3.8) is 0 Å². The van der Waals surface area contributed by atoms with Crippen molar-refractivity contribution in [2.24, 2.45) is 5.92 Å². The van der Waals surface area contributed by atoms with Crippen molar-refractivity contribution in [1.82, 2.24) is 5.32 Å². The van der Waals surface area contributed by atoms with E-state index in [-0.39, 0.29) is 17.8 Å². The van der Waals surface area contributed by atoms with E-state index >= 15 is 0 Å². The lowest BCUT2D eigenvalue weighted by molar-refractivity contribution is -0.119. The van der Waals surface area contributed by atoms with Gasteiger partial charge in [-0.3, -0.25) is 4.79 Å². The van der Waals surface area contributed by atoms with E-state index in [9.17, 15) is 14.0 Å². The van der Waals surface area contributed by atoms with Crippen LogP contribution >= 0.6 is 0 Å². The van der Waals surface area contributed by atoms with Crippen LogP contribution < -0.4 is 10.2 Å². The number of rotatable bonds is 2. The number of imide groups is 1. The lowest BCUT2D eigenvalue weighted by atomic mass is 10.1. The first-order valence-electron chi connectivity index (χ1n) is 6.04. The summed E-state index contributed by atoms with van der Waals surface area (Å²) in [7, 11) is 0. The number of anilines is 1. The van der Waals surface area contributed by atoms with Gasteiger partial charge in [0.1, 0.15) is 5.82 Å². The fourth-order valence-electron chi connectivity index (χ4n) is 2.30. The van der Waals surface area contributed by atoms with E-state index in [4.69, 9.17) is 0 Å². The molecule has 3 rings (SSSR count). The molecule has 1 aromatic carbocycles. The number of carbonyl (C=O) groups excluding carboxylic acids is 2. The molecule has 0 spiro atoms. The minimum atomic E-state index is -0.408. The van der Waals surface area contributed by atoms with E-state index in [1.807, 2.05) is 0 Å². The largest absolute Gasteiger partial charge is 0.334 e. The highest BCUT2D eigenvalue weighted by Crippen LogP contribution is 2.36. The van der Waals surface area contributed by atoms with Crippen molar-refractivity contribution < 1.29 is 14.0 Å². The summed E-state index contributed by atoms with van der Waals surface area (Å²) in [4.78, 5) is 25.0. The van der Waals surface area contributed by atoms with Gasteiger partial charge in [0.2, 0.25) is 5.91 Å². The number of amides is 3. The highest BCUT2D eigenvalue weighted by molar-refractivity contribution is 6.16. The first kappa shape index (κ1) is 11.2. The number of nitrogens with zero attached hydrogens (tertiary/aromatic N) is 1. The van der Waals surface area contributed by atoms with E-state index in [0.29, 0.717) is 18.0 Å². The summed E-state index contributed by atoms with van der Waals surface area (Å²) in [6.07, 6.45) is 2.48. The van der Waals surface area contributed by atoms with Crippen molar-refractivity contribution in [2.75, 3.05) is 4.90 Å². The summed E-state index contributed by atoms with van der Waals surface area (Å²) >= 11 is 0. The van der Waals surface area contributed by atoms with Crippen molar-refractivity contribution in [3.8, 4) is 0 Å². The summed E-state index contributed by atoms with van der Waals surface area (Å²) in [5, 5.41) is 2.84. The summed E-state index contributed by atoms with van der Waals surface area (Å²) in [6.45, 7) is 0. The van der Waals surface area contributed by atoms with Crippen LogP contribution in [0.15, 0.2) is 24.3 Å². The molecule has 2 fully saturated rings. The second-order valence-electron chi connectivity index (χ2n) is 4.80. The third-order valence-corrected chi connectivity index (χ3v) is 3.43. The molecule has 1 N–H and O–H groups in total. The quantitative estimate of drug-likeness (QED) is 0.870. The molecular weight excluding hydrogens is 235 g/mol. The molecule has 1 aliphatic heterocycles. The zero-order valence-corrected chi connectivity index (χ0v) is 9.73. The summed E-state index contributed by atoms with van der Waals surface area (Å²) in [5.41, 5.74) is 0.410. The first-order valence-corrected chi connectivity index (χ1v) is 6.04. The molecule has 0 radical (unpaired) electrons. The van der Waals surface area contributed by atoms with Gasteiger partial charge in [-0.1, -0.05) is 0 Å². The van der Waals surface area contributed by atoms with Crippen LogP contribution in [0.5, 0.6) is 0 Å². The van der Waals surface area contributed by atoms with Crippen LogP contribution in [0.4, 0.5) is 14.9 Å². The number of nitrogens with one attached hydrogen (secondary N) is 1. The molecule has 0 bridgehead atoms. The second-order valence-corrected chi connectivity index (χ2v) is 4.80. The molecule has 1 atom stereocenters. The van der Waals surface area contributed by atoms with Crippen LogP contribution in [0.1, 0.15) is 19.3 Å². The van der Waals surface area contributed by atoms with Gasteiger partial charge in [-0.25, -0.2) is 14.1 Å². The number of urea groups is 1. The third kappa shape index (κ3) is 1.96. The summed E-state index contributed by atoms with van der Waals surface area (Å²) in [5.74, 6) is -0.157. The topological polar surface area (TPSA) is 49.4 Å². The molecule has 3 amide bonds. The van der Waals surface area contributed by atoms with E-state index in [0.717, 1.165) is 17.7 Å². The van der Waals surface area contributed by atoms with Gasteiger partial charge >= 0.3 is 6.03 Å². The summed E-state index contributed by atoms with van der Waals surface area (Å²) < 4.78 is 12.8. The van der Waals surface area contributed by atoms with Crippen LogP contribution in [-0.2, 0) is 4.79 Å². The monoisotopic (exact) mass is 248 g/mol. The smallest absolute Gasteiger partial charge is 0.328 e. The number of halogens is 1. The molecule has 1 aliphatic carbocycles. The lowest BCUT2D eigenvalue weighted by Gasteiger charge is -2.31. The molecular formula is C13H13FN2O2. The van der Waals surface area contributed by atoms with Crippen LogP contribution in [0.3, 0.4) is 0 Å². The fraction of sp³-hybridized carbons (Fsp3) is 0.385. The standard InChI is InChI=1S/C13H13FN2O2/c14-9-3-5-10(6-4-9)16-12(17)7-11(8-1-2-8)15-13(16)18/h3-6,8,11H,1-2,7H2,(H,15,18). The van der Waals surface area contributed by atoms with E-state index in [1.54, 1.807) is 0 Å². The Morgan fingerprint density at radius 1 is 1.17 bits per heavy atom. The highest BCUT2D eigenvalue weighted by Gasteiger charge is 2.40. The molecule has 2 aliphatic rings. The average molecular weight is 248 g/mol. The number of benzene rings is 1. The number of hydrogen-bond donors (Lipinski definition) is 1. The highest BCUT2D eigenvalue weighted by atomic mass is 19.1. The van der Waals surface area contributed by atoms with Crippen molar-refractivity contribution >= 4 is 17.6 Å². The number of hydrogen-bond acceptors (Lipinski definition) is 2. The van der Waals surface area contributed by atoms with Crippen molar-refractivity contribution in [3.05, 3.63) is 30.1 Å². The van der Waals surface area contributed by atoms with Gasteiger partial charge in [0, 0.05) is 12.5 Å². The lowest BCUT2D eigenvalue weighted by Crippen LogP contribution is -2.55. The van der Waals surface area contributed by atoms with E-state index in [1.165, 1.54) is 24.3 Å². The minimum Gasteiger partial charge on any atom is -0.334 e. The van der Waals surface area contributed by atoms with Crippen LogP contribution in [-0.4, -0.2) is 18.0 Å². The van der Waals surface area contributed by atoms with E-state index < -0.39 is 6.03 Å². The Bertz CT molecular complexity index is 478. The second kappa shape index (κ2) is 4.08. The maximum Gasteiger partial charge on any atom is 0.328 e. The van der Waals surface area contributed by atoms with Crippen LogP contribution in [0.2, 0.25) is 0 Å². The van der Waals surface area contributed by atoms with Crippen LogP contribution in [0.25, 0.3) is 0 Å². The Balaban J connectivity index is 1.82. The maximum atomic E-state index is 12.8. The van der Waals surface area contributed by atoms with Gasteiger partial charge < -0.3 is 5.32 Å². The van der Waals surface area contributed by atoms with Crippen LogP contribution in [0, 0.1) is 11.7 Å². The molecule has 1 saturated heterocycles. The molecule has 0 aromatic heterocycles. The minimum absolute atomic E-state index is 0.0262. The average Bonchev–Trinajstić information content (AvgIpc) is 3.14. The predicted molar refractivity (Wildman–Crippen MR) is 63.5 cm³/mol. The normalized spacial score (nSPS) is 24.1. The van der Waals surface area contributed by atoms with Gasteiger partial charge in [-0.15, -0.1) is 0 Å². The Hall–Kier alpha value is -1.91. The Labute approximate surface area is 104 Å². The Morgan fingerprint density at radius 2 is 1.83 bits per heavy atom. The summed E-state index contributed by atoms with van der Waals surface area (Å²) in [6, 6.07) is 4.91. The molecule has 1 aromatic rings. The predicted octanol–water partition coefficient (Wildman–Crippen LogP) is 2.05. The van der Waals surface area contributed by atoms with Gasteiger partial charge in [0.15, 0.2) is 0 Å². The molecule has 1 saturated carbocycles. The molecule has 4 nitrogen and oxygen atoms in total. The fourth-order valence-corrected chi connectivity index (χ4v) is 2.30. The van der Waals surface area contributed by atoms with Gasteiger partial charge in [0.25, 0.3) is 0 Å². The van der Waals surface area contributed by atoms with Crippen molar-refractivity contribution in [2.45, 2.75) is 25.3 Å². The van der Waals surface area contributed by atoms with E-state index in [2.05, 4.69) is 5.32 Å². The van der Waals surface area contributed by atoms with Gasteiger partial charge in [-0.2, -0.15) is 0 Å².